The molecule has 4 aliphatic rings. The van der Waals surface area contributed by atoms with Gasteiger partial charge in [-0.1, -0.05) is 37.1 Å². The van der Waals surface area contributed by atoms with E-state index in [0.29, 0.717) is 6.54 Å². The Kier molecular flexibility index (Phi) is 4.14. The summed E-state index contributed by atoms with van der Waals surface area (Å²) in [6.07, 6.45) is 7.05. The number of nitrogens with zero attached hydrogens (tertiary/aromatic N) is 1. The molecule has 3 aliphatic heterocycles. The van der Waals surface area contributed by atoms with Crippen molar-refractivity contribution in [2.75, 3.05) is 6.54 Å². The molecular formula is C23H27FN2O3. The summed E-state index contributed by atoms with van der Waals surface area (Å²) >= 11 is 0. The van der Waals surface area contributed by atoms with Crippen molar-refractivity contribution in [3.05, 3.63) is 47.8 Å². The highest BCUT2D eigenvalue weighted by molar-refractivity contribution is 5.93. The Bertz CT molecular complexity index is 892. The molecule has 29 heavy (non-hydrogen) atoms. The molecule has 4 unspecified atom stereocenters. The Morgan fingerprint density at radius 3 is 2.76 bits per heavy atom. The van der Waals surface area contributed by atoms with Crippen LogP contribution in [0.5, 0.6) is 0 Å². The molecule has 0 radical (unpaired) electrons. The van der Waals surface area contributed by atoms with Crippen LogP contribution in [0, 0.1) is 17.7 Å². The normalized spacial score (nSPS) is 34.3. The van der Waals surface area contributed by atoms with Gasteiger partial charge in [-0.15, -0.1) is 0 Å². The molecule has 1 N–H and O–H groups in total. The van der Waals surface area contributed by atoms with Crippen molar-refractivity contribution in [1.29, 1.82) is 0 Å². The highest BCUT2D eigenvalue weighted by Gasteiger charge is 2.67. The van der Waals surface area contributed by atoms with Crippen LogP contribution in [0.25, 0.3) is 0 Å². The minimum absolute atomic E-state index is 0.00164. The summed E-state index contributed by atoms with van der Waals surface area (Å²) in [6.45, 7) is 4.47. The first-order valence-corrected chi connectivity index (χ1v) is 10.6. The van der Waals surface area contributed by atoms with Gasteiger partial charge in [0.05, 0.1) is 30.0 Å². The number of rotatable bonds is 4. The number of likely N-dealkylation sites (tertiary alicyclic amines) is 1. The Morgan fingerprint density at radius 1 is 1.31 bits per heavy atom. The number of hydrogen-bond donors (Lipinski definition) is 1. The smallest absolute Gasteiger partial charge is 0.230 e. The number of carbonyl (C=O) groups is 2. The number of fused-ring (bicyclic) bond motifs is 1. The number of hydrogen-bond acceptors (Lipinski definition) is 3. The van der Waals surface area contributed by atoms with Gasteiger partial charge in [0.2, 0.25) is 11.8 Å². The molecule has 2 amide bonds. The van der Waals surface area contributed by atoms with Gasteiger partial charge in [0.1, 0.15) is 11.4 Å². The maximum Gasteiger partial charge on any atom is 0.230 e. The monoisotopic (exact) mass is 398 g/mol. The van der Waals surface area contributed by atoms with Gasteiger partial charge in [-0.2, -0.15) is 0 Å². The summed E-state index contributed by atoms with van der Waals surface area (Å²) in [7, 11) is 0. The maximum atomic E-state index is 13.9. The fourth-order valence-electron chi connectivity index (χ4n) is 5.83. The van der Waals surface area contributed by atoms with Crippen LogP contribution in [0.4, 0.5) is 4.39 Å². The van der Waals surface area contributed by atoms with Gasteiger partial charge in [-0.3, -0.25) is 9.59 Å². The molecule has 6 heteroatoms. The van der Waals surface area contributed by atoms with E-state index in [1.807, 2.05) is 37.0 Å². The second kappa shape index (κ2) is 6.39. The van der Waals surface area contributed by atoms with Crippen LogP contribution < -0.4 is 5.32 Å². The first kappa shape index (κ1) is 18.8. The van der Waals surface area contributed by atoms with E-state index in [-0.39, 0.29) is 29.8 Å². The molecule has 2 saturated heterocycles. The average Bonchev–Trinajstić information content (AvgIpc) is 3.43. The Morgan fingerprint density at radius 2 is 2.07 bits per heavy atom. The van der Waals surface area contributed by atoms with Crippen molar-refractivity contribution >= 4 is 11.8 Å². The number of amides is 2. The van der Waals surface area contributed by atoms with Gasteiger partial charge in [-0.05, 0) is 44.4 Å². The van der Waals surface area contributed by atoms with Crippen molar-refractivity contribution in [1.82, 2.24) is 10.2 Å². The summed E-state index contributed by atoms with van der Waals surface area (Å²) in [5.41, 5.74) is -0.452. The summed E-state index contributed by atoms with van der Waals surface area (Å²) in [5, 5.41) is 3.25. The van der Waals surface area contributed by atoms with Crippen LogP contribution in [-0.4, -0.2) is 41.0 Å². The topological polar surface area (TPSA) is 58.6 Å². The van der Waals surface area contributed by atoms with E-state index in [9.17, 15) is 14.0 Å². The molecular weight excluding hydrogens is 371 g/mol. The zero-order chi connectivity index (χ0) is 20.4. The number of carbonyl (C=O) groups excluding carboxylic acids is 2. The molecule has 3 fully saturated rings. The van der Waals surface area contributed by atoms with E-state index in [4.69, 9.17) is 4.74 Å². The highest BCUT2D eigenvalue weighted by atomic mass is 19.1. The average molecular weight is 398 g/mol. The minimum Gasteiger partial charge on any atom is -0.360 e. The fraction of sp³-hybridized carbons (Fsp3) is 0.565. The first-order chi connectivity index (χ1) is 13.9. The lowest BCUT2D eigenvalue weighted by molar-refractivity contribution is -0.139. The van der Waals surface area contributed by atoms with Crippen molar-refractivity contribution in [3.63, 3.8) is 0 Å². The maximum absolute atomic E-state index is 13.9. The third kappa shape index (κ3) is 2.68. The van der Waals surface area contributed by atoms with Crippen LogP contribution in [0.2, 0.25) is 0 Å². The zero-order valence-electron chi connectivity index (χ0n) is 16.9. The van der Waals surface area contributed by atoms with Crippen LogP contribution in [0.1, 0.15) is 45.1 Å². The molecule has 1 aliphatic carbocycles. The third-order valence-electron chi connectivity index (χ3n) is 7.25. The highest BCUT2D eigenvalue weighted by Crippen LogP contribution is 2.52. The molecule has 3 heterocycles. The predicted octanol–water partition coefficient (Wildman–Crippen LogP) is 2.90. The van der Waals surface area contributed by atoms with Crippen LogP contribution >= 0.6 is 0 Å². The second-order valence-electron chi connectivity index (χ2n) is 9.25. The standard InChI is InChI=1S/C23H27FN2O3/c1-14(2)26-13-23-11-8-17(29-23)18(19(23)21(26)28)20(27)25-22(9-3-4-10-22)15-6-5-7-16(24)12-15/h5-8,11-12,14,17-19H,3-4,9-10,13H2,1-2H3,(H,25,27). The number of halogens is 1. The second-order valence-corrected chi connectivity index (χ2v) is 9.25. The van der Waals surface area contributed by atoms with E-state index in [0.717, 1.165) is 31.2 Å². The van der Waals surface area contributed by atoms with Crippen molar-refractivity contribution in [3.8, 4) is 0 Å². The van der Waals surface area contributed by atoms with Crippen LogP contribution in [0.3, 0.4) is 0 Å². The summed E-state index contributed by atoms with van der Waals surface area (Å²) in [5.74, 6) is -1.48. The number of nitrogens with one attached hydrogen (secondary N) is 1. The van der Waals surface area contributed by atoms with E-state index in [1.165, 1.54) is 12.1 Å². The molecule has 1 aromatic rings. The van der Waals surface area contributed by atoms with Crippen molar-refractivity contribution in [2.24, 2.45) is 11.8 Å². The van der Waals surface area contributed by atoms with Gasteiger partial charge >= 0.3 is 0 Å². The molecule has 5 nitrogen and oxygen atoms in total. The quantitative estimate of drug-likeness (QED) is 0.794. The van der Waals surface area contributed by atoms with E-state index < -0.39 is 23.0 Å². The third-order valence-corrected chi connectivity index (χ3v) is 7.25. The lowest BCUT2D eigenvalue weighted by Gasteiger charge is -2.34. The van der Waals surface area contributed by atoms with Gasteiger partial charge in [0, 0.05) is 6.04 Å². The van der Waals surface area contributed by atoms with E-state index >= 15 is 0 Å². The number of ether oxygens (including phenoxy) is 1. The Labute approximate surface area is 170 Å². The Hall–Kier alpha value is -2.21. The molecule has 1 spiro atoms. The minimum atomic E-state index is -0.685. The summed E-state index contributed by atoms with van der Waals surface area (Å²) in [4.78, 5) is 28.5. The molecule has 154 valence electrons. The van der Waals surface area contributed by atoms with Crippen LogP contribution in [0.15, 0.2) is 36.4 Å². The van der Waals surface area contributed by atoms with E-state index in [1.54, 1.807) is 6.07 Å². The molecule has 5 rings (SSSR count). The lowest BCUT2D eigenvalue weighted by atomic mass is 9.76. The fourth-order valence-corrected chi connectivity index (χ4v) is 5.83. The van der Waals surface area contributed by atoms with Crippen molar-refractivity contribution in [2.45, 2.75) is 62.8 Å². The van der Waals surface area contributed by atoms with Gasteiger partial charge in [0.15, 0.2) is 0 Å². The molecule has 0 aromatic heterocycles. The Balaban J connectivity index is 1.45. The first-order valence-electron chi connectivity index (χ1n) is 10.6. The summed E-state index contributed by atoms with van der Waals surface area (Å²) < 4.78 is 20.1. The van der Waals surface area contributed by atoms with Gasteiger partial charge < -0.3 is 15.0 Å². The zero-order valence-corrected chi connectivity index (χ0v) is 16.9. The van der Waals surface area contributed by atoms with Crippen molar-refractivity contribution < 1.29 is 18.7 Å². The summed E-state index contributed by atoms with van der Waals surface area (Å²) in [6, 6.07) is 6.58. The molecule has 1 aromatic carbocycles. The van der Waals surface area contributed by atoms with E-state index in [2.05, 4.69) is 5.32 Å². The predicted molar refractivity (Wildman–Crippen MR) is 105 cm³/mol. The number of benzene rings is 1. The van der Waals surface area contributed by atoms with Crippen LogP contribution in [-0.2, 0) is 19.9 Å². The lowest BCUT2D eigenvalue weighted by Crippen LogP contribution is -2.51. The van der Waals surface area contributed by atoms with Gasteiger partial charge in [-0.25, -0.2) is 4.39 Å². The van der Waals surface area contributed by atoms with Gasteiger partial charge in [0.25, 0.3) is 0 Å². The molecule has 1 saturated carbocycles. The molecule has 4 atom stereocenters. The SMILES string of the molecule is CC(C)N1CC23C=CC(O2)C(C(=O)NC2(c4cccc(F)c4)CCCC2)C3C1=O. The molecule has 2 bridgehead atoms. The largest absolute Gasteiger partial charge is 0.360 e.